The molecule has 0 spiro atoms. The fourth-order valence-corrected chi connectivity index (χ4v) is 4.61. The molecule has 0 saturated heterocycles. The maximum Gasteiger partial charge on any atom is 0.391 e. The Kier molecular flexibility index (Phi) is 8.13. The number of alkyl halides is 3. The lowest BCUT2D eigenvalue weighted by atomic mass is 9.85. The fraction of sp³-hybridized carbons (Fsp3) is 0.370. The quantitative estimate of drug-likeness (QED) is 0.250. The summed E-state index contributed by atoms with van der Waals surface area (Å²) < 4.78 is 84.7. The maximum atomic E-state index is 15.1. The van der Waals surface area contributed by atoms with Crippen LogP contribution in [0.25, 0.3) is 11.0 Å². The molecule has 3 N–H and O–H groups in total. The minimum absolute atomic E-state index is 0.00784. The number of nitrogens with one attached hydrogen (secondary N) is 3. The first-order chi connectivity index (χ1) is 18.8. The van der Waals surface area contributed by atoms with E-state index in [1.54, 1.807) is 0 Å². The van der Waals surface area contributed by atoms with Gasteiger partial charge in [0.25, 0.3) is 5.91 Å². The average molecular weight is 568 g/mol. The highest BCUT2D eigenvalue weighted by molar-refractivity contribution is 5.98. The largest absolute Gasteiger partial charge is 0.391 e. The normalized spacial score (nSPS) is 17.5. The number of anilines is 2. The summed E-state index contributed by atoms with van der Waals surface area (Å²) in [5, 5.41) is 7.61. The second-order valence-electron chi connectivity index (χ2n) is 9.86. The second kappa shape index (κ2) is 11.2. The number of amides is 2. The summed E-state index contributed by atoms with van der Waals surface area (Å²) in [5.74, 6) is -5.57. The van der Waals surface area contributed by atoms with Crippen molar-refractivity contribution in [3.05, 3.63) is 65.0 Å². The van der Waals surface area contributed by atoms with Gasteiger partial charge in [-0.15, -0.1) is 0 Å². The molecule has 0 unspecified atom stereocenters. The Morgan fingerprint density at radius 2 is 1.75 bits per heavy atom. The first-order valence-electron chi connectivity index (χ1n) is 12.5. The van der Waals surface area contributed by atoms with Crippen molar-refractivity contribution in [2.24, 2.45) is 13.0 Å². The Morgan fingerprint density at radius 3 is 2.38 bits per heavy atom. The van der Waals surface area contributed by atoms with Crippen LogP contribution in [0.1, 0.15) is 48.5 Å². The zero-order valence-electron chi connectivity index (χ0n) is 21.7. The number of hydrogen-bond acceptors (Lipinski definition) is 4. The number of halogens is 6. The molecular weight excluding hydrogens is 540 g/mol. The molecule has 0 bridgehead atoms. The summed E-state index contributed by atoms with van der Waals surface area (Å²) in [5.41, 5.74) is -0.340. The van der Waals surface area contributed by atoms with Gasteiger partial charge in [0.05, 0.1) is 22.5 Å². The van der Waals surface area contributed by atoms with Crippen LogP contribution in [0.5, 0.6) is 0 Å². The number of carbonyl (C=O) groups is 2. The van der Waals surface area contributed by atoms with E-state index in [9.17, 15) is 31.5 Å². The molecule has 0 radical (unpaired) electrons. The second-order valence-corrected chi connectivity index (χ2v) is 9.86. The van der Waals surface area contributed by atoms with Crippen molar-refractivity contribution in [1.29, 1.82) is 0 Å². The Hall–Kier alpha value is -4.03. The van der Waals surface area contributed by atoms with Gasteiger partial charge >= 0.3 is 6.18 Å². The van der Waals surface area contributed by atoms with Gasteiger partial charge in [0.2, 0.25) is 11.9 Å². The number of fused-ring (bicyclic) bond motifs is 1. The van der Waals surface area contributed by atoms with Crippen LogP contribution in [0, 0.1) is 23.4 Å². The third-order valence-corrected chi connectivity index (χ3v) is 6.97. The Bertz CT molecular complexity index is 1470. The third kappa shape index (κ3) is 6.07. The molecule has 13 heteroatoms. The summed E-state index contributed by atoms with van der Waals surface area (Å²) in [7, 11) is 1.47. The molecule has 1 aromatic heterocycles. The molecule has 2 aromatic carbocycles. The fourth-order valence-electron chi connectivity index (χ4n) is 4.61. The average Bonchev–Trinajstić information content (AvgIpc) is 3.19. The Morgan fingerprint density at radius 1 is 1.07 bits per heavy atom. The van der Waals surface area contributed by atoms with Crippen molar-refractivity contribution in [2.45, 2.75) is 51.4 Å². The van der Waals surface area contributed by atoms with E-state index in [2.05, 4.69) is 27.5 Å². The van der Waals surface area contributed by atoms with Crippen LogP contribution in [-0.2, 0) is 18.4 Å². The van der Waals surface area contributed by atoms with Crippen LogP contribution in [-0.4, -0.2) is 33.6 Å². The molecule has 1 saturated carbocycles. The summed E-state index contributed by atoms with van der Waals surface area (Å²) in [6.07, 6.45) is -4.31. The van der Waals surface area contributed by atoms with Gasteiger partial charge in [-0.3, -0.25) is 9.59 Å². The third-order valence-electron chi connectivity index (χ3n) is 6.97. The van der Waals surface area contributed by atoms with Gasteiger partial charge in [0.1, 0.15) is 17.3 Å². The van der Waals surface area contributed by atoms with Crippen LogP contribution in [0.2, 0.25) is 0 Å². The molecule has 1 aliphatic rings. The summed E-state index contributed by atoms with van der Waals surface area (Å²) in [4.78, 5) is 28.8. The maximum absolute atomic E-state index is 15.1. The minimum Gasteiger partial charge on any atom is -0.349 e. The van der Waals surface area contributed by atoms with Gasteiger partial charge in [-0.05, 0) is 44.7 Å². The topological polar surface area (TPSA) is 88.1 Å². The molecule has 1 aliphatic carbocycles. The lowest BCUT2D eigenvalue weighted by Gasteiger charge is -2.30. The van der Waals surface area contributed by atoms with Crippen molar-refractivity contribution in [2.75, 3.05) is 5.32 Å². The highest BCUT2D eigenvalue weighted by Gasteiger charge is 2.41. The predicted molar refractivity (Wildman–Crippen MR) is 136 cm³/mol. The van der Waals surface area contributed by atoms with Gasteiger partial charge in [-0.1, -0.05) is 12.6 Å². The first kappa shape index (κ1) is 29.0. The molecule has 1 heterocycles. The van der Waals surface area contributed by atoms with E-state index in [1.165, 1.54) is 30.7 Å². The van der Waals surface area contributed by atoms with E-state index in [0.29, 0.717) is 0 Å². The lowest BCUT2D eigenvalue weighted by Crippen LogP contribution is -2.40. The van der Waals surface area contributed by atoms with Crippen molar-refractivity contribution in [3.63, 3.8) is 0 Å². The molecule has 0 aliphatic heterocycles. The van der Waals surface area contributed by atoms with Crippen LogP contribution in [0.15, 0.2) is 36.4 Å². The lowest BCUT2D eigenvalue weighted by molar-refractivity contribution is -0.182. The molecule has 4 rings (SSSR count). The molecule has 7 nitrogen and oxygen atoms in total. The molecule has 0 atom stereocenters. The van der Waals surface area contributed by atoms with Crippen molar-refractivity contribution in [3.8, 4) is 0 Å². The number of imidazole rings is 1. The van der Waals surface area contributed by atoms with E-state index in [0.717, 1.165) is 12.1 Å². The van der Waals surface area contributed by atoms with Gasteiger partial charge in [-0.2, -0.15) is 13.2 Å². The number of aryl methyl sites for hydroxylation is 1. The van der Waals surface area contributed by atoms with E-state index in [1.807, 2.05) is 0 Å². The summed E-state index contributed by atoms with van der Waals surface area (Å²) in [6.45, 7) is 4.75. The summed E-state index contributed by atoms with van der Waals surface area (Å²) in [6, 6.07) is 3.88. The first-order valence-corrected chi connectivity index (χ1v) is 12.5. The number of rotatable bonds is 7. The number of hydrogen-bond donors (Lipinski definition) is 3. The van der Waals surface area contributed by atoms with Gasteiger partial charge in [0.15, 0.2) is 5.82 Å². The zero-order chi connectivity index (χ0) is 29.4. The number of benzene rings is 2. The van der Waals surface area contributed by atoms with Gasteiger partial charge in [-0.25, -0.2) is 18.2 Å². The van der Waals surface area contributed by atoms with Gasteiger partial charge in [0, 0.05) is 36.8 Å². The minimum atomic E-state index is -4.29. The number of aromatic nitrogens is 2. The van der Waals surface area contributed by atoms with Crippen molar-refractivity contribution < 1.29 is 35.9 Å². The SMILES string of the molecule is C=C(C)C(=O)NCc1ccc(F)c(Nc2nc3cc(C(=O)N[C@H]4CC[C@H](C(F)(F)F)CC4)c(F)cc3n2C)c1F. The monoisotopic (exact) mass is 567 g/mol. The molecule has 2 amide bonds. The standard InChI is InChI=1S/C27H27F6N5O2/c1-13(2)24(39)34-12-14-4-9-18(28)23(22(14)30)37-26-36-20-10-17(19(29)11-21(20)38(26)3)25(40)35-16-7-5-15(6-8-16)27(31,32)33/h4,9-11,15-16H,1,5-8,12H2,2-3H3,(H,34,39)(H,35,40)(H,36,37)/t15-,16-. The molecule has 40 heavy (non-hydrogen) atoms. The number of carbonyl (C=O) groups excluding carboxylic acids is 2. The zero-order valence-corrected chi connectivity index (χ0v) is 21.7. The highest BCUT2D eigenvalue weighted by Crippen LogP contribution is 2.37. The van der Waals surface area contributed by atoms with E-state index < -0.39 is 53.1 Å². The van der Waals surface area contributed by atoms with Crippen LogP contribution >= 0.6 is 0 Å². The Balaban J connectivity index is 1.53. The predicted octanol–water partition coefficient (Wildman–Crippen LogP) is 5.78. The van der Waals surface area contributed by atoms with Gasteiger partial charge < -0.3 is 20.5 Å². The van der Waals surface area contributed by atoms with E-state index >= 15 is 4.39 Å². The molecular formula is C27H27F6N5O2. The van der Waals surface area contributed by atoms with Crippen molar-refractivity contribution >= 4 is 34.5 Å². The smallest absolute Gasteiger partial charge is 0.349 e. The molecule has 214 valence electrons. The molecule has 3 aromatic rings. The van der Waals surface area contributed by atoms with Crippen LogP contribution < -0.4 is 16.0 Å². The van der Waals surface area contributed by atoms with Crippen LogP contribution in [0.3, 0.4) is 0 Å². The van der Waals surface area contributed by atoms with E-state index in [-0.39, 0.29) is 65.9 Å². The Labute approximate surface area is 225 Å². The van der Waals surface area contributed by atoms with Crippen LogP contribution in [0.4, 0.5) is 38.0 Å². The number of nitrogens with zero attached hydrogens (tertiary/aromatic N) is 2. The highest BCUT2D eigenvalue weighted by atomic mass is 19.4. The van der Waals surface area contributed by atoms with Crippen molar-refractivity contribution in [1.82, 2.24) is 20.2 Å². The van der Waals surface area contributed by atoms with E-state index in [4.69, 9.17) is 0 Å². The molecule has 1 fully saturated rings. The summed E-state index contributed by atoms with van der Waals surface area (Å²) >= 11 is 0.